The molecule has 33 heavy (non-hydrogen) atoms. The molecule has 4 saturated carbocycles. The molecule has 1 aromatic rings. The van der Waals surface area contributed by atoms with Gasteiger partial charge in [-0.25, -0.2) is 0 Å². The van der Waals surface area contributed by atoms with Gasteiger partial charge in [0.15, 0.2) is 5.78 Å². The Bertz CT molecular complexity index is 820. The molecule has 0 aliphatic heterocycles. The highest BCUT2D eigenvalue weighted by Gasteiger charge is 2.62. The molecule has 3 nitrogen and oxygen atoms in total. The van der Waals surface area contributed by atoms with Gasteiger partial charge in [0.25, 0.3) is 0 Å². The van der Waals surface area contributed by atoms with Crippen LogP contribution in [0, 0.1) is 46.3 Å². The molecular formula is C30H45NO2. The van der Waals surface area contributed by atoms with Crippen LogP contribution in [0.5, 0.6) is 0 Å². The summed E-state index contributed by atoms with van der Waals surface area (Å²) >= 11 is 0. The second-order valence-electron chi connectivity index (χ2n) is 12.3. The Hall–Kier alpha value is -1.35. The van der Waals surface area contributed by atoms with Crippen LogP contribution in [0.1, 0.15) is 78.6 Å². The fourth-order valence-electron chi connectivity index (χ4n) is 9.23. The van der Waals surface area contributed by atoms with Gasteiger partial charge in [0, 0.05) is 18.2 Å². The number of fused-ring (bicyclic) bond motifs is 5. The number of benzene rings is 1. The van der Waals surface area contributed by atoms with Gasteiger partial charge in [-0.05, 0) is 111 Å². The van der Waals surface area contributed by atoms with Crippen molar-refractivity contribution in [2.75, 3.05) is 25.1 Å². The molecule has 8 unspecified atom stereocenters. The van der Waals surface area contributed by atoms with E-state index >= 15 is 0 Å². The standard InChI is InChI=1S/C30H45NO2/c1-4-33-20-30-17-14-21(2)18-22(30)10-11-24-25-12-13-27(29(25,3)16-15-26(24)30)28(32)19-31-23-8-6-5-7-9-23/h5-9,21-22,24-27,31H,4,10-20H2,1-3H3. The van der Waals surface area contributed by atoms with E-state index in [1.807, 2.05) is 18.2 Å². The maximum absolute atomic E-state index is 13.4. The number of carbonyl (C=O) groups is 1. The van der Waals surface area contributed by atoms with Crippen LogP contribution in [0.3, 0.4) is 0 Å². The number of anilines is 1. The highest BCUT2D eigenvalue weighted by Crippen LogP contribution is 2.68. The minimum atomic E-state index is 0.193. The highest BCUT2D eigenvalue weighted by atomic mass is 16.5. The zero-order chi connectivity index (χ0) is 23.1. The number of nitrogens with one attached hydrogen (secondary N) is 1. The van der Waals surface area contributed by atoms with Crippen molar-refractivity contribution in [3.05, 3.63) is 30.3 Å². The molecule has 0 bridgehead atoms. The number of hydrogen-bond acceptors (Lipinski definition) is 3. The molecule has 0 radical (unpaired) electrons. The molecule has 5 rings (SSSR count). The number of carbonyl (C=O) groups excluding carboxylic acids is 1. The van der Waals surface area contributed by atoms with Crippen molar-refractivity contribution in [3.8, 4) is 0 Å². The van der Waals surface area contributed by atoms with E-state index in [0.29, 0.717) is 17.7 Å². The van der Waals surface area contributed by atoms with E-state index in [1.165, 1.54) is 51.4 Å². The molecule has 0 heterocycles. The van der Waals surface area contributed by atoms with E-state index in [0.717, 1.165) is 54.9 Å². The summed E-state index contributed by atoms with van der Waals surface area (Å²) in [6.45, 7) is 9.40. The number of hydrogen-bond donors (Lipinski definition) is 1. The Kier molecular flexibility index (Phi) is 6.64. The van der Waals surface area contributed by atoms with Crippen molar-refractivity contribution in [2.45, 2.75) is 78.6 Å². The molecule has 182 valence electrons. The monoisotopic (exact) mass is 451 g/mol. The second kappa shape index (κ2) is 9.36. The summed E-state index contributed by atoms with van der Waals surface area (Å²) in [7, 11) is 0. The zero-order valence-electron chi connectivity index (χ0n) is 21.2. The largest absolute Gasteiger partial charge is 0.381 e. The summed E-state index contributed by atoms with van der Waals surface area (Å²) < 4.78 is 6.22. The Labute approximate surface area is 201 Å². The van der Waals surface area contributed by atoms with Crippen LogP contribution in [0.15, 0.2) is 30.3 Å². The lowest BCUT2D eigenvalue weighted by Crippen LogP contribution is -2.56. The van der Waals surface area contributed by atoms with Gasteiger partial charge in [-0.15, -0.1) is 0 Å². The average Bonchev–Trinajstić information content (AvgIpc) is 3.19. The van der Waals surface area contributed by atoms with Gasteiger partial charge in [-0.1, -0.05) is 38.5 Å². The molecule has 0 amide bonds. The molecule has 0 spiro atoms. The van der Waals surface area contributed by atoms with E-state index < -0.39 is 0 Å². The summed E-state index contributed by atoms with van der Waals surface area (Å²) in [5, 5.41) is 3.39. The summed E-state index contributed by atoms with van der Waals surface area (Å²) in [5.74, 6) is 4.73. The van der Waals surface area contributed by atoms with Crippen molar-refractivity contribution in [1.29, 1.82) is 0 Å². The molecule has 1 aromatic carbocycles. The molecule has 3 heteroatoms. The third-order valence-corrected chi connectivity index (χ3v) is 10.8. The topological polar surface area (TPSA) is 38.3 Å². The van der Waals surface area contributed by atoms with Gasteiger partial charge >= 0.3 is 0 Å². The van der Waals surface area contributed by atoms with E-state index in [1.54, 1.807) is 0 Å². The molecule has 0 aromatic heterocycles. The summed E-state index contributed by atoms with van der Waals surface area (Å²) in [4.78, 5) is 13.4. The summed E-state index contributed by atoms with van der Waals surface area (Å²) in [5.41, 5.74) is 1.65. The fourth-order valence-corrected chi connectivity index (χ4v) is 9.23. The minimum Gasteiger partial charge on any atom is -0.381 e. The van der Waals surface area contributed by atoms with Crippen LogP contribution in [-0.4, -0.2) is 25.5 Å². The first-order chi connectivity index (χ1) is 16.0. The predicted octanol–water partition coefficient (Wildman–Crippen LogP) is 6.98. The fraction of sp³-hybridized carbons (Fsp3) is 0.767. The van der Waals surface area contributed by atoms with Crippen molar-refractivity contribution in [3.63, 3.8) is 0 Å². The molecule has 1 N–H and O–H groups in total. The first kappa shape index (κ1) is 23.4. The minimum absolute atomic E-state index is 0.193. The van der Waals surface area contributed by atoms with Gasteiger partial charge in [0.05, 0.1) is 13.2 Å². The van der Waals surface area contributed by atoms with Gasteiger partial charge < -0.3 is 10.1 Å². The van der Waals surface area contributed by atoms with Gasteiger partial charge in [-0.3, -0.25) is 4.79 Å². The predicted molar refractivity (Wildman–Crippen MR) is 135 cm³/mol. The summed E-state index contributed by atoms with van der Waals surface area (Å²) in [6, 6.07) is 10.2. The van der Waals surface area contributed by atoms with E-state index in [4.69, 9.17) is 4.74 Å². The van der Waals surface area contributed by atoms with Gasteiger partial charge in [0.2, 0.25) is 0 Å². The van der Waals surface area contributed by atoms with Crippen LogP contribution >= 0.6 is 0 Å². The maximum atomic E-state index is 13.4. The van der Waals surface area contributed by atoms with E-state index in [-0.39, 0.29) is 11.3 Å². The average molecular weight is 452 g/mol. The number of rotatable bonds is 7. The Morgan fingerprint density at radius 3 is 2.64 bits per heavy atom. The third-order valence-electron chi connectivity index (χ3n) is 10.8. The Morgan fingerprint density at radius 1 is 1.03 bits per heavy atom. The number of ketones is 1. The molecular weight excluding hydrogens is 406 g/mol. The third kappa shape index (κ3) is 4.07. The summed E-state index contributed by atoms with van der Waals surface area (Å²) in [6.07, 6.45) is 11.8. The number of Topliss-reactive ketones (excluding diaryl/α,β-unsaturated/α-hetero) is 1. The molecule has 4 aliphatic carbocycles. The van der Waals surface area contributed by atoms with Crippen molar-refractivity contribution in [2.24, 2.45) is 46.3 Å². The van der Waals surface area contributed by atoms with E-state index in [2.05, 4.69) is 38.2 Å². The van der Waals surface area contributed by atoms with Crippen molar-refractivity contribution in [1.82, 2.24) is 0 Å². The SMILES string of the molecule is CCOCC12CCC(C)CC1CCC1C3CCC(C(=O)CNc4ccccc4)C3(C)CCC12. The van der Waals surface area contributed by atoms with Gasteiger partial charge in [-0.2, -0.15) is 0 Å². The molecule has 0 saturated heterocycles. The van der Waals surface area contributed by atoms with Crippen LogP contribution in [-0.2, 0) is 9.53 Å². The molecule has 4 aliphatic rings. The Balaban J connectivity index is 1.32. The number of para-hydroxylation sites is 1. The first-order valence-corrected chi connectivity index (χ1v) is 13.9. The quantitative estimate of drug-likeness (QED) is 0.486. The first-order valence-electron chi connectivity index (χ1n) is 13.9. The van der Waals surface area contributed by atoms with Gasteiger partial charge in [0.1, 0.15) is 0 Å². The Morgan fingerprint density at radius 2 is 1.85 bits per heavy atom. The highest BCUT2D eigenvalue weighted by molar-refractivity contribution is 5.86. The van der Waals surface area contributed by atoms with Crippen LogP contribution < -0.4 is 5.32 Å². The molecule has 8 atom stereocenters. The zero-order valence-corrected chi connectivity index (χ0v) is 21.2. The second-order valence-corrected chi connectivity index (χ2v) is 12.3. The lowest BCUT2D eigenvalue weighted by atomic mass is 9.44. The van der Waals surface area contributed by atoms with E-state index in [9.17, 15) is 4.79 Å². The van der Waals surface area contributed by atoms with Crippen LogP contribution in [0.4, 0.5) is 5.69 Å². The lowest BCUT2D eigenvalue weighted by Gasteiger charge is -2.62. The van der Waals surface area contributed by atoms with Crippen LogP contribution in [0.2, 0.25) is 0 Å². The normalized spacial score (nSPS) is 42.2. The van der Waals surface area contributed by atoms with Crippen molar-refractivity contribution >= 4 is 11.5 Å². The molecule has 4 fully saturated rings. The maximum Gasteiger partial charge on any atom is 0.155 e. The number of ether oxygens (including phenoxy) is 1. The lowest BCUT2D eigenvalue weighted by molar-refractivity contribution is -0.157. The van der Waals surface area contributed by atoms with Crippen LogP contribution in [0.25, 0.3) is 0 Å². The van der Waals surface area contributed by atoms with Crippen molar-refractivity contribution < 1.29 is 9.53 Å². The smallest absolute Gasteiger partial charge is 0.155 e.